The number of rotatable bonds is 0. The van der Waals surface area contributed by atoms with Crippen LogP contribution in [0.15, 0.2) is 0 Å². The van der Waals surface area contributed by atoms with Crippen molar-refractivity contribution in [2.24, 2.45) is 0 Å². The van der Waals surface area contributed by atoms with E-state index in [4.69, 9.17) is 10.00 Å². The summed E-state index contributed by atoms with van der Waals surface area (Å²) < 4.78 is 5.25. The third-order valence-corrected chi connectivity index (χ3v) is 2.28. The summed E-state index contributed by atoms with van der Waals surface area (Å²) in [4.78, 5) is 13.3. The van der Waals surface area contributed by atoms with Crippen LogP contribution in [0.25, 0.3) is 0 Å². The lowest BCUT2D eigenvalue weighted by Crippen LogP contribution is -2.45. The molecule has 1 heterocycles. The predicted molar refractivity (Wildman–Crippen MR) is 56.2 cm³/mol. The van der Waals surface area contributed by atoms with Crippen LogP contribution in [0.1, 0.15) is 40.0 Å². The number of carbonyl (C=O) groups excluding carboxylic acids is 1. The van der Waals surface area contributed by atoms with Gasteiger partial charge in [-0.15, -0.1) is 0 Å². The van der Waals surface area contributed by atoms with Gasteiger partial charge in [0.05, 0.1) is 6.07 Å². The third-order valence-electron chi connectivity index (χ3n) is 2.28. The highest BCUT2D eigenvalue weighted by atomic mass is 16.6. The molecule has 0 aliphatic carbocycles. The predicted octanol–water partition coefficient (Wildman–Crippen LogP) is 2.30. The fourth-order valence-electron chi connectivity index (χ4n) is 1.60. The minimum Gasteiger partial charge on any atom is -0.444 e. The second kappa shape index (κ2) is 4.52. The van der Waals surface area contributed by atoms with Crippen LogP contribution in [0.2, 0.25) is 0 Å². The first-order valence-electron chi connectivity index (χ1n) is 5.33. The van der Waals surface area contributed by atoms with Gasteiger partial charge >= 0.3 is 6.09 Å². The smallest absolute Gasteiger partial charge is 0.411 e. The Hall–Kier alpha value is -1.24. The molecular formula is C11H18N2O2. The van der Waals surface area contributed by atoms with Gasteiger partial charge in [-0.25, -0.2) is 4.79 Å². The summed E-state index contributed by atoms with van der Waals surface area (Å²) in [7, 11) is 0. The normalized spacial score (nSPS) is 22.0. The van der Waals surface area contributed by atoms with Crippen LogP contribution >= 0.6 is 0 Å². The molecule has 0 bridgehead atoms. The van der Waals surface area contributed by atoms with Crippen molar-refractivity contribution in [2.75, 3.05) is 6.54 Å². The molecule has 0 aromatic heterocycles. The minimum atomic E-state index is -0.492. The standard InChI is InChI=1S/C11H18N2O2/c1-11(2,3)15-10(14)13-7-5-4-6-9(13)8-12/h9H,4-7H2,1-3H3/t9-/m0/s1. The number of likely N-dealkylation sites (tertiary alicyclic amines) is 1. The van der Waals surface area contributed by atoms with Gasteiger partial charge in [0.25, 0.3) is 0 Å². The SMILES string of the molecule is CC(C)(C)OC(=O)N1CCCC[C@H]1C#N. The fourth-order valence-corrected chi connectivity index (χ4v) is 1.60. The lowest BCUT2D eigenvalue weighted by atomic mass is 10.0. The average Bonchev–Trinajstić information content (AvgIpc) is 2.15. The zero-order chi connectivity index (χ0) is 11.5. The summed E-state index contributed by atoms with van der Waals surface area (Å²) in [6, 6.07) is 1.83. The Kier molecular flexibility index (Phi) is 3.57. The van der Waals surface area contributed by atoms with Gasteiger partial charge < -0.3 is 4.74 Å². The van der Waals surface area contributed by atoms with Gasteiger partial charge in [0, 0.05) is 6.54 Å². The molecule has 1 rings (SSSR count). The third kappa shape index (κ3) is 3.43. The van der Waals surface area contributed by atoms with Gasteiger partial charge in [-0.2, -0.15) is 5.26 Å². The largest absolute Gasteiger partial charge is 0.444 e. The van der Waals surface area contributed by atoms with Crippen molar-refractivity contribution < 1.29 is 9.53 Å². The molecule has 4 heteroatoms. The van der Waals surface area contributed by atoms with E-state index in [-0.39, 0.29) is 12.1 Å². The van der Waals surface area contributed by atoms with E-state index in [0.29, 0.717) is 6.54 Å². The molecule has 0 spiro atoms. The van der Waals surface area contributed by atoms with Crippen LogP contribution in [0, 0.1) is 11.3 Å². The second-order valence-electron chi connectivity index (χ2n) is 4.81. The molecule has 0 saturated carbocycles. The summed E-state index contributed by atoms with van der Waals surface area (Å²) >= 11 is 0. The zero-order valence-electron chi connectivity index (χ0n) is 9.62. The number of nitriles is 1. The molecule has 1 aliphatic heterocycles. The van der Waals surface area contributed by atoms with Crippen LogP contribution in [0.5, 0.6) is 0 Å². The van der Waals surface area contributed by atoms with Crippen molar-refractivity contribution in [1.29, 1.82) is 5.26 Å². The van der Waals surface area contributed by atoms with Crippen LogP contribution in [-0.4, -0.2) is 29.2 Å². The van der Waals surface area contributed by atoms with Crippen LogP contribution < -0.4 is 0 Å². The molecule has 15 heavy (non-hydrogen) atoms. The van der Waals surface area contributed by atoms with Crippen molar-refractivity contribution in [3.63, 3.8) is 0 Å². The fraction of sp³-hybridized carbons (Fsp3) is 0.818. The van der Waals surface area contributed by atoms with E-state index in [2.05, 4.69) is 6.07 Å². The molecular weight excluding hydrogens is 192 g/mol. The lowest BCUT2D eigenvalue weighted by molar-refractivity contribution is 0.0156. The van der Waals surface area contributed by atoms with Gasteiger partial charge in [-0.3, -0.25) is 4.90 Å². The second-order valence-corrected chi connectivity index (χ2v) is 4.81. The van der Waals surface area contributed by atoms with E-state index in [1.807, 2.05) is 20.8 Å². The summed E-state index contributed by atoms with van der Waals surface area (Å²) in [6.07, 6.45) is 2.36. The summed E-state index contributed by atoms with van der Waals surface area (Å²) in [5.74, 6) is 0. The molecule has 1 aliphatic rings. The summed E-state index contributed by atoms with van der Waals surface area (Å²) in [5, 5.41) is 8.91. The first-order valence-corrected chi connectivity index (χ1v) is 5.33. The number of piperidine rings is 1. The molecule has 1 fully saturated rings. The highest BCUT2D eigenvalue weighted by Gasteiger charge is 2.30. The van der Waals surface area contributed by atoms with Crippen molar-refractivity contribution >= 4 is 6.09 Å². The monoisotopic (exact) mass is 210 g/mol. The maximum atomic E-state index is 11.7. The summed E-state index contributed by atoms with van der Waals surface area (Å²) in [6.45, 7) is 6.12. The van der Waals surface area contributed by atoms with Crippen molar-refractivity contribution in [3.8, 4) is 6.07 Å². The Morgan fingerprint density at radius 2 is 2.13 bits per heavy atom. The summed E-state index contributed by atoms with van der Waals surface area (Å²) in [5.41, 5.74) is -0.492. The van der Waals surface area contributed by atoms with Crippen molar-refractivity contribution in [1.82, 2.24) is 4.90 Å². The van der Waals surface area contributed by atoms with E-state index in [0.717, 1.165) is 19.3 Å². The van der Waals surface area contributed by atoms with Crippen LogP contribution in [0.3, 0.4) is 0 Å². The maximum Gasteiger partial charge on any atom is 0.411 e. The van der Waals surface area contributed by atoms with Crippen LogP contribution in [-0.2, 0) is 4.74 Å². The highest BCUT2D eigenvalue weighted by Crippen LogP contribution is 2.19. The first-order chi connectivity index (χ1) is 6.94. The van der Waals surface area contributed by atoms with Crippen molar-refractivity contribution in [3.05, 3.63) is 0 Å². The molecule has 1 atom stereocenters. The molecule has 0 radical (unpaired) electrons. The minimum absolute atomic E-state index is 0.311. The number of nitrogens with zero attached hydrogens (tertiary/aromatic N) is 2. The van der Waals surface area contributed by atoms with Crippen molar-refractivity contribution in [2.45, 2.75) is 51.7 Å². The Labute approximate surface area is 90.8 Å². The number of ether oxygens (including phenoxy) is 1. The Balaban J connectivity index is 2.61. The molecule has 0 unspecified atom stereocenters. The van der Waals surface area contributed by atoms with E-state index in [1.54, 1.807) is 0 Å². The van der Waals surface area contributed by atoms with E-state index >= 15 is 0 Å². The van der Waals surface area contributed by atoms with Gasteiger partial charge in [-0.05, 0) is 40.0 Å². The highest BCUT2D eigenvalue weighted by molar-refractivity contribution is 5.69. The number of hydrogen-bond acceptors (Lipinski definition) is 3. The Morgan fingerprint density at radius 1 is 1.47 bits per heavy atom. The molecule has 84 valence electrons. The van der Waals surface area contributed by atoms with E-state index in [1.165, 1.54) is 4.90 Å². The first kappa shape index (κ1) is 11.8. The molecule has 1 amide bonds. The molecule has 1 saturated heterocycles. The van der Waals surface area contributed by atoms with Crippen LogP contribution in [0.4, 0.5) is 4.79 Å². The Bertz CT molecular complexity index is 275. The number of carbonyl (C=O) groups is 1. The number of hydrogen-bond donors (Lipinski definition) is 0. The molecule has 0 N–H and O–H groups in total. The molecule has 4 nitrogen and oxygen atoms in total. The van der Waals surface area contributed by atoms with Gasteiger partial charge in [0.15, 0.2) is 0 Å². The van der Waals surface area contributed by atoms with Gasteiger partial charge in [0.1, 0.15) is 11.6 Å². The Morgan fingerprint density at radius 3 is 2.67 bits per heavy atom. The topological polar surface area (TPSA) is 53.3 Å². The lowest BCUT2D eigenvalue weighted by Gasteiger charge is -2.33. The van der Waals surface area contributed by atoms with E-state index < -0.39 is 5.60 Å². The van der Waals surface area contributed by atoms with E-state index in [9.17, 15) is 4.79 Å². The molecule has 0 aromatic rings. The molecule has 0 aromatic carbocycles. The quantitative estimate of drug-likeness (QED) is 0.616. The van der Waals surface area contributed by atoms with Gasteiger partial charge in [-0.1, -0.05) is 0 Å². The van der Waals surface area contributed by atoms with Gasteiger partial charge in [0.2, 0.25) is 0 Å². The maximum absolute atomic E-state index is 11.7. The number of amides is 1. The average molecular weight is 210 g/mol. The zero-order valence-corrected chi connectivity index (χ0v) is 9.62.